The van der Waals surface area contributed by atoms with E-state index in [2.05, 4.69) is 25.2 Å². The summed E-state index contributed by atoms with van der Waals surface area (Å²) in [7, 11) is 0. The summed E-state index contributed by atoms with van der Waals surface area (Å²) in [6.07, 6.45) is 9.36. The Morgan fingerprint density at radius 3 is 2.92 bits per heavy atom. The highest BCUT2D eigenvalue weighted by Crippen LogP contribution is 2.30. The van der Waals surface area contributed by atoms with Gasteiger partial charge >= 0.3 is 0 Å². The van der Waals surface area contributed by atoms with Gasteiger partial charge in [-0.05, 0) is 43.4 Å². The summed E-state index contributed by atoms with van der Waals surface area (Å²) in [4.78, 5) is 0. The molecule has 0 saturated heterocycles. The molecule has 0 heterocycles. The number of hydrogen-bond acceptors (Lipinski definition) is 2. The minimum atomic E-state index is 0.457. The average molecular weight is 179 g/mol. The summed E-state index contributed by atoms with van der Waals surface area (Å²) < 4.78 is 5.70. The first-order valence-corrected chi connectivity index (χ1v) is 5.06. The van der Waals surface area contributed by atoms with Crippen LogP contribution in [0.2, 0.25) is 0 Å². The number of allylic oxidation sites excluding steroid dienone is 2. The molecule has 13 heavy (non-hydrogen) atoms. The van der Waals surface area contributed by atoms with Gasteiger partial charge in [-0.3, -0.25) is 0 Å². The van der Waals surface area contributed by atoms with Gasteiger partial charge in [0.2, 0.25) is 0 Å². The number of rotatable bonds is 3. The van der Waals surface area contributed by atoms with E-state index in [9.17, 15) is 0 Å². The Balaban J connectivity index is 1.98. The van der Waals surface area contributed by atoms with Gasteiger partial charge in [-0.2, -0.15) is 0 Å². The monoisotopic (exact) mass is 179 g/mol. The fourth-order valence-electron chi connectivity index (χ4n) is 1.55. The average Bonchev–Trinajstić information content (AvgIpc) is 2.92. The van der Waals surface area contributed by atoms with Crippen molar-refractivity contribution in [3.05, 3.63) is 24.0 Å². The van der Waals surface area contributed by atoms with Crippen LogP contribution in [-0.4, -0.2) is 12.6 Å². The zero-order valence-corrected chi connectivity index (χ0v) is 8.07. The van der Waals surface area contributed by atoms with Crippen LogP contribution in [0.4, 0.5) is 0 Å². The van der Waals surface area contributed by atoms with E-state index in [0.29, 0.717) is 24.5 Å². The normalized spacial score (nSPS) is 32.9. The molecule has 2 nitrogen and oxygen atoms in total. The van der Waals surface area contributed by atoms with Gasteiger partial charge in [0.05, 0.1) is 6.10 Å². The highest BCUT2D eigenvalue weighted by molar-refractivity contribution is 5.21. The van der Waals surface area contributed by atoms with Crippen molar-refractivity contribution in [1.82, 2.24) is 0 Å². The van der Waals surface area contributed by atoms with Crippen LogP contribution in [0.15, 0.2) is 24.0 Å². The lowest BCUT2D eigenvalue weighted by Gasteiger charge is -2.21. The molecule has 0 aliphatic heterocycles. The first-order valence-electron chi connectivity index (χ1n) is 5.06. The quantitative estimate of drug-likeness (QED) is 0.717. The van der Waals surface area contributed by atoms with Gasteiger partial charge in [0.1, 0.15) is 5.76 Å². The zero-order chi connectivity index (χ0) is 9.26. The lowest BCUT2D eigenvalue weighted by atomic mass is 9.89. The van der Waals surface area contributed by atoms with E-state index in [1.165, 1.54) is 12.8 Å². The Kier molecular flexibility index (Phi) is 2.40. The summed E-state index contributed by atoms with van der Waals surface area (Å²) in [6, 6.07) is 0. The Hall–Kier alpha value is -0.760. The molecule has 2 atom stereocenters. The molecule has 0 amide bonds. The van der Waals surface area contributed by atoms with Gasteiger partial charge in [-0.1, -0.05) is 13.0 Å². The van der Waals surface area contributed by atoms with Crippen molar-refractivity contribution in [2.45, 2.75) is 25.9 Å². The second-order valence-corrected chi connectivity index (χ2v) is 4.00. The molecule has 0 aromatic rings. The fraction of sp³-hybridized carbons (Fsp3) is 0.636. The van der Waals surface area contributed by atoms with Crippen LogP contribution in [0.25, 0.3) is 0 Å². The summed E-state index contributed by atoms with van der Waals surface area (Å²) >= 11 is 0. The molecule has 2 aliphatic carbocycles. The van der Waals surface area contributed by atoms with Crippen LogP contribution in [-0.2, 0) is 4.74 Å². The zero-order valence-electron chi connectivity index (χ0n) is 8.07. The molecule has 0 bridgehead atoms. The standard InChI is InChI=1S/C11H17NO/c1-8-2-3-11(6-9(8)7-12)13-10-4-5-10/h2-3,6,8-10H,4-5,7,12H2,1H3. The molecular formula is C11H17NO. The summed E-state index contributed by atoms with van der Waals surface area (Å²) in [5.41, 5.74) is 5.67. The maximum absolute atomic E-state index is 5.70. The van der Waals surface area contributed by atoms with Crippen LogP contribution in [0.3, 0.4) is 0 Å². The van der Waals surface area contributed by atoms with Crippen molar-refractivity contribution in [3.63, 3.8) is 0 Å². The first kappa shape index (κ1) is 8.82. The third-order valence-corrected chi connectivity index (χ3v) is 2.72. The van der Waals surface area contributed by atoms with Gasteiger partial charge in [0, 0.05) is 0 Å². The summed E-state index contributed by atoms with van der Waals surface area (Å²) in [6.45, 7) is 2.90. The molecule has 2 rings (SSSR count). The van der Waals surface area contributed by atoms with Crippen LogP contribution >= 0.6 is 0 Å². The second kappa shape index (κ2) is 3.54. The van der Waals surface area contributed by atoms with Gasteiger partial charge in [-0.15, -0.1) is 0 Å². The Morgan fingerprint density at radius 1 is 1.54 bits per heavy atom. The predicted octanol–water partition coefficient (Wildman–Crippen LogP) is 1.83. The molecular weight excluding hydrogens is 162 g/mol. The third-order valence-electron chi connectivity index (χ3n) is 2.72. The van der Waals surface area contributed by atoms with E-state index in [0.717, 1.165) is 5.76 Å². The van der Waals surface area contributed by atoms with Crippen molar-refractivity contribution in [2.75, 3.05) is 6.54 Å². The summed E-state index contributed by atoms with van der Waals surface area (Å²) in [5.74, 6) is 2.03. The maximum atomic E-state index is 5.70. The van der Waals surface area contributed by atoms with Gasteiger partial charge in [0.15, 0.2) is 0 Å². The van der Waals surface area contributed by atoms with Crippen LogP contribution < -0.4 is 5.73 Å². The van der Waals surface area contributed by atoms with E-state index in [4.69, 9.17) is 10.5 Å². The molecule has 2 unspecified atom stereocenters. The van der Waals surface area contributed by atoms with E-state index < -0.39 is 0 Å². The Morgan fingerprint density at radius 2 is 2.31 bits per heavy atom. The Labute approximate surface area is 79.5 Å². The minimum absolute atomic E-state index is 0.457. The number of nitrogens with two attached hydrogens (primary N) is 1. The number of ether oxygens (including phenoxy) is 1. The summed E-state index contributed by atoms with van der Waals surface area (Å²) in [5, 5.41) is 0. The largest absolute Gasteiger partial charge is 0.491 e. The predicted molar refractivity (Wildman–Crippen MR) is 53.0 cm³/mol. The van der Waals surface area contributed by atoms with Crippen molar-refractivity contribution in [1.29, 1.82) is 0 Å². The molecule has 0 aromatic carbocycles. The molecule has 1 fully saturated rings. The molecule has 2 heteroatoms. The maximum Gasteiger partial charge on any atom is 0.115 e. The van der Waals surface area contributed by atoms with Gasteiger partial charge < -0.3 is 10.5 Å². The van der Waals surface area contributed by atoms with E-state index >= 15 is 0 Å². The molecule has 1 saturated carbocycles. The lowest BCUT2D eigenvalue weighted by molar-refractivity contribution is 0.203. The third kappa shape index (κ3) is 2.13. The van der Waals surface area contributed by atoms with Crippen LogP contribution in [0.1, 0.15) is 19.8 Å². The van der Waals surface area contributed by atoms with E-state index in [-0.39, 0.29) is 0 Å². The van der Waals surface area contributed by atoms with Crippen molar-refractivity contribution in [3.8, 4) is 0 Å². The molecule has 0 aromatic heterocycles. The van der Waals surface area contributed by atoms with Crippen molar-refractivity contribution < 1.29 is 4.74 Å². The van der Waals surface area contributed by atoms with E-state index in [1.807, 2.05) is 0 Å². The highest BCUT2D eigenvalue weighted by atomic mass is 16.5. The van der Waals surface area contributed by atoms with E-state index in [1.54, 1.807) is 0 Å². The Bertz CT molecular complexity index is 240. The number of hydrogen-bond donors (Lipinski definition) is 1. The van der Waals surface area contributed by atoms with Gasteiger partial charge in [-0.25, -0.2) is 0 Å². The van der Waals surface area contributed by atoms with Crippen LogP contribution in [0.5, 0.6) is 0 Å². The molecule has 72 valence electrons. The van der Waals surface area contributed by atoms with Crippen LogP contribution in [0, 0.1) is 11.8 Å². The molecule has 0 spiro atoms. The van der Waals surface area contributed by atoms with Crippen molar-refractivity contribution >= 4 is 0 Å². The van der Waals surface area contributed by atoms with Gasteiger partial charge in [0.25, 0.3) is 0 Å². The SMILES string of the molecule is CC1C=CC(OC2CC2)=CC1CN. The minimum Gasteiger partial charge on any atom is -0.491 e. The molecule has 2 N–H and O–H groups in total. The molecule has 0 radical (unpaired) electrons. The smallest absolute Gasteiger partial charge is 0.115 e. The topological polar surface area (TPSA) is 35.2 Å². The fourth-order valence-corrected chi connectivity index (χ4v) is 1.55. The lowest BCUT2D eigenvalue weighted by Crippen LogP contribution is -2.21. The van der Waals surface area contributed by atoms with Crippen molar-refractivity contribution in [2.24, 2.45) is 17.6 Å². The second-order valence-electron chi connectivity index (χ2n) is 4.00. The molecule has 2 aliphatic rings. The highest BCUT2D eigenvalue weighted by Gasteiger charge is 2.25. The first-order chi connectivity index (χ1) is 6.29.